The number of hydrogen-bond donors (Lipinski definition) is 1. The quantitative estimate of drug-likeness (QED) is 0.494. The monoisotopic (exact) mass is 472 g/mol. The van der Waals surface area contributed by atoms with Gasteiger partial charge < -0.3 is 14.8 Å². The number of imide groups is 1. The lowest BCUT2D eigenvalue weighted by Gasteiger charge is -2.37. The summed E-state index contributed by atoms with van der Waals surface area (Å²) in [5, 5.41) is 2.91. The van der Waals surface area contributed by atoms with Crippen LogP contribution >= 0.6 is 0 Å². The first-order valence-corrected chi connectivity index (χ1v) is 12.1. The maximum Gasteiger partial charge on any atom is 0.248 e. The first-order chi connectivity index (χ1) is 17.0. The number of rotatable bonds is 7. The zero-order valence-corrected chi connectivity index (χ0v) is 19.7. The number of nitrogens with zero attached hydrogens (tertiary/aromatic N) is 1. The average Bonchev–Trinajstić information content (AvgIpc) is 3.67. The topological polar surface area (TPSA) is 84.9 Å². The van der Waals surface area contributed by atoms with E-state index in [2.05, 4.69) is 17.5 Å². The molecular weight excluding hydrogens is 444 g/mol. The van der Waals surface area contributed by atoms with Gasteiger partial charge in [0.15, 0.2) is 0 Å². The molecule has 3 fully saturated rings. The van der Waals surface area contributed by atoms with Crippen LogP contribution in [0.5, 0.6) is 11.5 Å². The Kier molecular flexibility index (Phi) is 5.16. The number of amides is 3. The van der Waals surface area contributed by atoms with E-state index in [4.69, 9.17) is 9.47 Å². The number of hydrogen-bond acceptors (Lipinski definition) is 5. The van der Waals surface area contributed by atoms with Gasteiger partial charge in [0, 0.05) is 12.5 Å². The average molecular weight is 473 g/mol. The van der Waals surface area contributed by atoms with Crippen molar-refractivity contribution in [1.29, 1.82) is 0 Å². The van der Waals surface area contributed by atoms with Crippen molar-refractivity contribution in [1.82, 2.24) is 4.90 Å². The third kappa shape index (κ3) is 3.44. The molecule has 2 aromatic carbocycles. The van der Waals surface area contributed by atoms with Crippen LogP contribution in [0.4, 0.5) is 5.69 Å². The number of ether oxygens (including phenoxy) is 2. The van der Waals surface area contributed by atoms with Crippen LogP contribution in [0.1, 0.15) is 12.0 Å². The zero-order valence-electron chi connectivity index (χ0n) is 19.7. The Balaban J connectivity index is 1.33. The van der Waals surface area contributed by atoms with Crippen molar-refractivity contribution >= 4 is 23.4 Å². The molecule has 180 valence electrons. The molecule has 7 nitrogen and oxygen atoms in total. The fourth-order valence-electron chi connectivity index (χ4n) is 6.54. The molecule has 2 saturated carbocycles. The number of benzene rings is 2. The van der Waals surface area contributed by atoms with Crippen molar-refractivity contribution in [2.24, 2.45) is 35.5 Å². The molecule has 3 amide bonds. The fourth-order valence-corrected chi connectivity index (χ4v) is 6.54. The van der Waals surface area contributed by atoms with E-state index >= 15 is 0 Å². The van der Waals surface area contributed by atoms with Crippen molar-refractivity contribution < 1.29 is 23.9 Å². The van der Waals surface area contributed by atoms with Crippen LogP contribution < -0.4 is 14.8 Å². The molecule has 5 aliphatic rings. The maximum absolute atomic E-state index is 13.7. The van der Waals surface area contributed by atoms with E-state index in [1.807, 2.05) is 30.3 Å². The van der Waals surface area contributed by atoms with Gasteiger partial charge in [-0.15, -0.1) is 0 Å². The minimum absolute atomic E-state index is 0.110. The van der Waals surface area contributed by atoms with Gasteiger partial charge in [0.1, 0.15) is 17.5 Å². The minimum atomic E-state index is -0.953. The Morgan fingerprint density at radius 1 is 0.971 bits per heavy atom. The molecule has 35 heavy (non-hydrogen) atoms. The van der Waals surface area contributed by atoms with Gasteiger partial charge in [-0.1, -0.05) is 42.5 Å². The summed E-state index contributed by atoms with van der Waals surface area (Å²) < 4.78 is 10.7. The van der Waals surface area contributed by atoms with Gasteiger partial charge in [-0.2, -0.15) is 0 Å². The molecule has 0 radical (unpaired) electrons. The number of nitrogens with one attached hydrogen (secondary N) is 1. The van der Waals surface area contributed by atoms with Gasteiger partial charge >= 0.3 is 0 Å². The van der Waals surface area contributed by atoms with E-state index in [0.29, 0.717) is 29.0 Å². The normalized spacial score (nSPS) is 30.5. The first kappa shape index (κ1) is 21.9. The van der Waals surface area contributed by atoms with Gasteiger partial charge in [-0.05, 0) is 47.8 Å². The van der Waals surface area contributed by atoms with Gasteiger partial charge in [0.05, 0.1) is 31.7 Å². The van der Waals surface area contributed by atoms with Crippen LogP contribution in [-0.4, -0.2) is 42.9 Å². The zero-order chi connectivity index (χ0) is 24.3. The standard InChI is InChI=1S/C28H28N2O5/c1-34-16-8-11-21(23(13-16)35-2)29-26(31)22(12-15-6-4-3-5-7-15)30-27(32)24-17-9-10-18(20-14-19(17)20)25(24)28(30)33/h3-11,13,17-20,22,24-25H,12,14H2,1-2H3,(H,29,31). The summed E-state index contributed by atoms with van der Waals surface area (Å²) in [6.45, 7) is 0. The summed E-state index contributed by atoms with van der Waals surface area (Å²) in [6.07, 6.45) is 5.63. The number of anilines is 1. The highest BCUT2D eigenvalue weighted by Crippen LogP contribution is 2.65. The molecule has 1 aliphatic heterocycles. The third-order valence-electron chi connectivity index (χ3n) is 8.25. The predicted octanol–water partition coefficient (Wildman–Crippen LogP) is 3.31. The smallest absolute Gasteiger partial charge is 0.248 e. The molecule has 0 aromatic heterocycles. The van der Waals surface area contributed by atoms with Gasteiger partial charge in [0.25, 0.3) is 0 Å². The lowest BCUT2D eigenvalue weighted by molar-refractivity contribution is -0.146. The predicted molar refractivity (Wildman–Crippen MR) is 129 cm³/mol. The third-order valence-corrected chi connectivity index (χ3v) is 8.25. The van der Waals surface area contributed by atoms with Gasteiger partial charge in [0.2, 0.25) is 17.7 Å². The summed E-state index contributed by atoms with van der Waals surface area (Å²) in [6, 6.07) is 13.6. The lowest BCUT2D eigenvalue weighted by Crippen LogP contribution is -2.49. The van der Waals surface area contributed by atoms with Crippen LogP contribution in [-0.2, 0) is 20.8 Å². The molecule has 7 heteroatoms. The Morgan fingerprint density at radius 3 is 2.23 bits per heavy atom. The minimum Gasteiger partial charge on any atom is -0.497 e. The van der Waals surface area contributed by atoms with Crippen LogP contribution in [0, 0.1) is 35.5 Å². The second-order valence-corrected chi connectivity index (χ2v) is 9.96. The van der Waals surface area contributed by atoms with Crippen LogP contribution in [0.3, 0.4) is 0 Å². The molecular formula is C28H28N2O5. The van der Waals surface area contributed by atoms with Crippen LogP contribution in [0.25, 0.3) is 0 Å². The Bertz CT molecular complexity index is 1190. The Hall–Kier alpha value is -3.61. The van der Waals surface area contributed by atoms with E-state index in [-0.39, 0.29) is 41.9 Å². The highest BCUT2D eigenvalue weighted by Gasteiger charge is 2.67. The SMILES string of the molecule is COc1ccc(NC(=O)C(Cc2ccccc2)N2C(=O)C3C4C=CC(C5CC45)C3C2=O)c(OC)c1. The molecule has 7 rings (SSSR count). The van der Waals surface area contributed by atoms with Gasteiger partial charge in [-0.25, -0.2) is 0 Å². The summed E-state index contributed by atoms with van der Waals surface area (Å²) >= 11 is 0. The molecule has 4 aliphatic carbocycles. The summed E-state index contributed by atoms with van der Waals surface area (Å²) in [5.41, 5.74) is 1.34. The molecule has 1 N–H and O–H groups in total. The van der Waals surface area contributed by atoms with Crippen molar-refractivity contribution in [3.63, 3.8) is 0 Å². The van der Waals surface area contributed by atoms with E-state index in [0.717, 1.165) is 12.0 Å². The van der Waals surface area contributed by atoms with Gasteiger partial charge in [-0.3, -0.25) is 19.3 Å². The second-order valence-electron chi connectivity index (χ2n) is 9.96. The number of carbonyl (C=O) groups is 3. The summed E-state index contributed by atoms with van der Waals surface area (Å²) in [7, 11) is 3.07. The summed E-state index contributed by atoms with van der Waals surface area (Å²) in [4.78, 5) is 42.5. The molecule has 7 unspecified atom stereocenters. The largest absolute Gasteiger partial charge is 0.497 e. The molecule has 7 atom stereocenters. The molecule has 0 spiro atoms. The molecule has 2 bridgehead atoms. The maximum atomic E-state index is 13.7. The molecule has 1 saturated heterocycles. The van der Waals surface area contributed by atoms with E-state index < -0.39 is 11.9 Å². The number of methoxy groups -OCH3 is 2. The molecule has 2 aromatic rings. The van der Waals surface area contributed by atoms with Crippen LogP contribution in [0.2, 0.25) is 0 Å². The fraction of sp³-hybridized carbons (Fsp3) is 0.393. The number of allylic oxidation sites excluding steroid dienone is 2. The number of carbonyl (C=O) groups excluding carboxylic acids is 3. The first-order valence-electron chi connectivity index (χ1n) is 12.1. The Morgan fingerprint density at radius 2 is 1.63 bits per heavy atom. The lowest BCUT2D eigenvalue weighted by atomic mass is 9.63. The number of likely N-dealkylation sites (tertiary alicyclic amines) is 1. The molecule has 1 heterocycles. The van der Waals surface area contributed by atoms with Crippen LogP contribution in [0.15, 0.2) is 60.7 Å². The Labute approximate surface area is 204 Å². The van der Waals surface area contributed by atoms with E-state index in [9.17, 15) is 14.4 Å². The second kappa shape index (κ2) is 8.26. The van der Waals surface area contributed by atoms with Crippen molar-refractivity contribution in [3.8, 4) is 11.5 Å². The summed E-state index contributed by atoms with van der Waals surface area (Å²) in [5.74, 6) is 0.749. The van der Waals surface area contributed by atoms with Crippen molar-refractivity contribution in [2.75, 3.05) is 19.5 Å². The van der Waals surface area contributed by atoms with Crippen molar-refractivity contribution in [2.45, 2.75) is 18.9 Å². The van der Waals surface area contributed by atoms with E-state index in [1.54, 1.807) is 25.3 Å². The van der Waals surface area contributed by atoms with Crippen molar-refractivity contribution in [3.05, 3.63) is 66.2 Å². The highest BCUT2D eigenvalue weighted by molar-refractivity contribution is 6.11. The highest BCUT2D eigenvalue weighted by atomic mass is 16.5. The van der Waals surface area contributed by atoms with E-state index in [1.165, 1.54) is 12.0 Å².